The highest BCUT2D eigenvalue weighted by molar-refractivity contribution is 5.89. The maximum atomic E-state index is 13.6. The number of carbonyl (C=O) groups excluding carboxylic acids is 2. The van der Waals surface area contributed by atoms with E-state index in [0.29, 0.717) is 26.1 Å². The molecule has 1 unspecified atom stereocenters. The number of hydrogen-bond acceptors (Lipinski definition) is 3. The van der Waals surface area contributed by atoms with Gasteiger partial charge in [-0.05, 0) is 42.2 Å². The molecule has 3 amide bonds. The van der Waals surface area contributed by atoms with Gasteiger partial charge < -0.3 is 15.5 Å². The van der Waals surface area contributed by atoms with Gasteiger partial charge in [0.25, 0.3) is 0 Å². The van der Waals surface area contributed by atoms with Crippen LogP contribution in [-0.2, 0) is 11.3 Å². The van der Waals surface area contributed by atoms with Crippen LogP contribution in [0.5, 0.6) is 0 Å². The Morgan fingerprint density at radius 2 is 1.96 bits per heavy atom. The lowest BCUT2D eigenvalue weighted by Crippen LogP contribution is -2.34. The molecule has 2 N–H and O–H groups in total. The molecule has 1 fully saturated rings. The maximum absolute atomic E-state index is 13.6. The number of nitrogens with one attached hydrogen (secondary N) is 2. The van der Waals surface area contributed by atoms with Crippen molar-refractivity contribution in [3.05, 3.63) is 60.2 Å². The predicted octanol–water partition coefficient (Wildman–Crippen LogP) is 2.78. The second-order valence-electron chi connectivity index (χ2n) is 6.35. The van der Waals surface area contributed by atoms with Crippen molar-refractivity contribution in [3.63, 3.8) is 0 Å². The highest BCUT2D eigenvalue weighted by atomic mass is 19.1. The van der Waals surface area contributed by atoms with Gasteiger partial charge >= 0.3 is 6.03 Å². The standard InChI is InChI=1S/C19H21FN4O2/c20-16-3-1-2-4-17(16)23-19(26)24-10-7-15(13-24)11-18(25)22-12-14-5-8-21-9-6-14/h1-6,8-9,15H,7,10-13H2,(H,22,25)(H,23,26). The molecule has 136 valence electrons. The van der Waals surface area contributed by atoms with Crippen molar-refractivity contribution >= 4 is 17.6 Å². The van der Waals surface area contributed by atoms with Gasteiger partial charge in [0.2, 0.25) is 5.91 Å². The van der Waals surface area contributed by atoms with Crippen molar-refractivity contribution in [3.8, 4) is 0 Å². The summed E-state index contributed by atoms with van der Waals surface area (Å²) in [6.45, 7) is 1.51. The second-order valence-corrected chi connectivity index (χ2v) is 6.35. The van der Waals surface area contributed by atoms with Crippen LogP contribution in [0.1, 0.15) is 18.4 Å². The molecule has 0 aliphatic carbocycles. The summed E-state index contributed by atoms with van der Waals surface area (Å²) in [4.78, 5) is 29.9. The highest BCUT2D eigenvalue weighted by Crippen LogP contribution is 2.21. The lowest BCUT2D eigenvalue weighted by atomic mass is 10.0. The van der Waals surface area contributed by atoms with Gasteiger partial charge in [0.15, 0.2) is 0 Å². The minimum Gasteiger partial charge on any atom is -0.352 e. The first kappa shape index (κ1) is 17.8. The van der Waals surface area contributed by atoms with Crippen LogP contribution in [0.15, 0.2) is 48.8 Å². The number of aromatic nitrogens is 1. The van der Waals surface area contributed by atoms with Crippen LogP contribution in [0.3, 0.4) is 0 Å². The van der Waals surface area contributed by atoms with Crippen LogP contribution in [-0.4, -0.2) is 34.9 Å². The van der Waals surface area contributed by atoms with Gasteiger partial charge in [0.1, 0.15) is 5.82 Å². The molecule has 6 nitrogen and oxygen atoms in total. The molecule has 0 radical (unpaired) electrons. The monoisotopic (exact) mass is 356 g/mol. The minimum atomic E-state index is -0.466. The Hall–Kier alpha value is -2.96. The van der Waals surface area contributed by atoms with E-state index in [1.807, 2.05) is 12.1 Å². The van der Waals surface area contributed by atoms with Gasteiger partial charge in [-0.25, -0.2) is 9.18 Å². The van der Waals surface area contributed by atoms with Gasteiger partial charge in [-0.3, -0.25) is 9.78 Å². The molecule has 1 aliphatic rings. The minimum absolute atomic E-state index is 0.0387. The van der Waals surface area contributed by atoms with Gasteiger partial charge in [-0.2, -0.15) is 0 Å². The van der Waals surface area contributed by atoms with E-state index >= 15 is 0 Å². The Labute approximate surface area is 151 Å². The molecule has 2 aromatic rings. The number of rotatable bonds is 5. The van der Waals surface area contributed by atoms with Gasteiger partial charge in [-0.15, -0.1) is 0 Å². The first-order valence-electron chi connectivity index (χ1n) is 8.58. The molecule has 1 aromatic heterocycles. The molecule has 0 bridgehead atoms. The van der Waals surface area contributed by atoms with Crippen LogP contribution in [0.2, 0.25) is 0 Å². The molecule has 1 aromatic carbocycles. The summed E-state index contributed by atoms with van der Waals surface area (Å²) in [6.07, 6.45) is 4.50. The predicted molar refractivity (Wildman–Crippen MR) is 95.8 cm³/mol. The van der Waals surface area contributed by atoms with Crippen LogP contribution < -0.4 is 10.6 Å². The van der Waals surface area contributed by atoms with Crippen molar-refractivity contribution in [1.82, 2.24) is 15.2 Å². The van der Waals surface area contributed by atoms with E-state index in [0.717, 1.165) is 12.0 Å². The molecule has 26 heavy (non-hydrogen) atoms. The van der Waals surface area contributed by atoms with Gasteiger partial charge in [0.05, 0.1) is 5.69 Å². The third kappa shape index (κ3) is 4.78. The zero-order valence-corrected chi connectivity index (χ0v) is 14.3. The number of para-hydroxylation sites is 1. The summed E-state index contributed by atoms with van der Waals surface area (Å²) < 4.78 is 13.6. The molecule has 1 aliphatic heterocycles. The third-order valence-electron chi connectivity index (χ3n) is 4.40. The molecular formula is C19H21FN4O2. The Morgan fingerprint density at radius 1 is 1.19 bits per heavy atom. The Balaban J connectivity index is 1.44. The molecule has 2 heterocycles. The summed E-state index contributed by atoms with van der Waals surface area (Å²) >= 11 is 0. The molecule has 0 spiro atoms. The molecule has 0 saturated carbocycles. The first-order valence-corrected chi connectivity index (χ1v) is 8.58. The van der Waals surface area contributed by atoms with E-state index in [1.165, 1.54) is 12.1 Å². The van der Waals surface area contributed by atoms with E-state index in [9.17, 15) is 14.0 Å². The highest BCUT2D eigenvalue weighted by Gasteiger charge is 2.28. The number of halogens is 1. The fraction of sp³-hybridized carbons (Fsp3) is 0.316. The summed E-state index contributed by atoms with van der Waals surface area (Å²) in [5.74, 6) is -0.394. The summed E-state index contributed by atoms with van der Waals surface area (Å²) in [5, 5.41) is 5.46. The maximum Gasteiger partial charge on any atom is 0.321 e. The SMILES string of the molecule is O=C(CC1CCN(C(=O)Nc2ccccc2F)C1)NCc1ccncc1. The number of urea groups is 1. The Bertz CT molecular complexity index is 769. The van der Waals surface area contributed by atoms with Crippen molar-refractivity contribution in [2.45, 2.75) is 19.4 Å². The molecule has 1 atom stereocenters. The third-order valence-corrected chi connectivity index (χ3v) is 4.40. The number of amides is 3. The fourth-order valence-electron chi connectivity index (χ4n) is 2.98. The van der Waals surface area contributed by atoms with Gasteiger partial charge in [-0.1, -0.05) is 12.1 Å². The summed E-state index contributed by atoms with van der Waals surface area (Å²) in [6, 6.07) is 9.42. The zero-order valence-electron chi connectivity index (χ0n) is 14.3. The number of benzene rings is 1. The number of anilines is 1. The zero-order chi connectivity index (χ0) is 18.4. The van der Waals surface area contributed by atoms with Crippen LogP contribution in [0.25, 0.3) is 0 Å². The second kappa shape index (κ2) is 8.42. The largest absolute Gasteiger partial charge is 0.352 e. The Morgan fingerprint density at radius 3 is 2.73 bits per heavy atom. The average Bonchev–Trinajstić information content (AvgIpc) is 3.11. The van der Waals surface area contributed by atoms with Crippen LogP contribution in [0, 0.1) is 11.7 Å². The summed E-state index contributed by atoms with van der Waals surface area (Å²) in [5.41, 5.74) is 1.15. The smallest absolute Gasteiger partial charge is 0.321 e. The van der Waals surface area contributed by atoms with E-state index < -0.39 is 5.82 Å². The molecule has 1 saturated heterocycles. The fourth-order valence-corrected chi connectivity index (χ4v) is 2.98. The van der Waals surface area contributed by atoms with Crippen LogP contribution in [0.4, 0.5) is 14.9 Å². The summed E-state index contributed by atoms with van der Waals surface area (Å²) in [7, 11) is 0. The number of carbonyl (C=O) groups is 2. The topological polar surface area (TPSA) is 74.3 Å². The lowest BCUT2D eigenvalue weighted by molar-refractivity contribution is -0.122. The van der Waals surface area contributed by atoms with Crippen molar-refractivity contribution in [2.24, 2.45) is 5.92 Å². The lowest BCUT2D eigenvalue weighted by Gasteiger charge is -2.17. The Kier molecular flexibility index (Phi) is 5.78. The van der Waals surface area contributed by atoms with E-state index in [-0.39, 0.29) is 23.5 Å². The number of likely N-dealkylation sites (tertiary alicyclic amines) is 1. The van der Waals surface area contributed by atoms with Crippen molar-refractivity contribution < 1.29 is 14.0 Å². The van der Waals surface area contributed by atoms with Gasteiger partial charge in [0, 0.05) is 38.4 Å². The number of hydrogen-bond donors (Lipinski definition) is 2. The quantitative estimate of drug-likeness (QED) is 0.865. The number of nitrogens with zero attached hydrogens (tertiary/aromatic N) is 2. The van der Waals surface area contributed by atoms with Crippen molar-refractivity contribution in [1.29, 1.82) is 0 Å². The normalized spacial score (nSPS) is 16.3. The van der Waals surface area contributed by atoms with E-state index in [2.05, 4.69) is 15.6 Å². The average molecular weight is 356 g/mol. The van der Waals surface area contributed by atoms with Crippen LogP contribution >= 0.6 is 0 Å². The molecule has 7 heteroatoms. The first-order chi connectivity index (χ1) is 12.6. The van der Waals surface area contributed by atoms with E-state index in [4.69, 9.17) is 0 Å². The number of pyridine rings is 1. The van der Waals surface area contributed by atoms with E-state index in [1.54, 1.807) is 29.4 Å². The van der Waals surface area contributed by atoms with Crippen molar-refractivity contribution in [2.75, 3.05) is 18.4 Å². The molecule has 3 rings (SSSR count). The molecular weight excluding hydrogens is 335 g/mol.